The molecule has 1 aromatic carbocycles. The zero-order valence-electron chi connectivity index (χ0n) is 19.7. The Morgan fingerprint density at radius 3 is 2.50 bits per heavy atom. The Morgan fingerprint density at radius 1 is 1.12 bits per heavy atom. The summed E-state index contributed by atoms with van der Waals surface area (Å²) in [7, 11) is 1.78. The lowest BCUT2D eigenvalue weighted by Crippen LogP contribution is -2.29. The summed E-state index contributed by atoms with van der Waals surface area (Å²) in [6.45, 7) is 6.69. The van der Waals surface area contributed by atoms with E-state index in [-0.39, 0.29) is 11.6 Å². The molecule has 0 saturated heterocycles. The second kappa shape index (κ2) is 11.2. The molecule has 4 rings (SSSR count). The van der Waals surface area contributed by atoms with Crippen molar-refractivity contribution in [1.29, 1.82) is 0 Å². The number of nitrogens with zero attached hydrogens (tertiary/aromatic N) is 3. The van der Waals surface area contributed by atoms with Crippen LogP contribution in [0.3, 0.4) is 0 Å². The minimum atomic E-state index is -0.0522. The highest BCUT2D eigenvalue weighted by Crippen LogP contribution is 2.26. The molecule has 34 heavy (non-hydrogen) atoms. The van der Waals surface area contributed by atoms with Gasteiger partial charge in [-0.2, -0.15) is 0 Å². The van der Waals surface area contributed by atoms with E-state index in [1.54, 1.807) is 30.1 Å². The number of nitrogen functional groups attached to an aromatic ring is 1. The van der Waals surface area contributed by atoms with Crippen molar-refractivity contribution in [2.24, 2.45) is 18.7 Å². The van der Waals surface area contributed by atoms with Crippen molar-refractivity contribution in [2.75, 3.05) is 12.3 Å². The summed E-state index contributed by atoms with van der Waals surface area (Å²) in [6, 6.07) is 9.40. The van der Waals surface area contributed by atoms with E-state index < -0.39 is 0 Å². The van der Waals surface area contributed by atoms with Crippen molar-refractivity contribution in [3.05, 3.63) is 68.3 Å². The molecule has 0 amide bonds. The summed E-state index contributed by atoms with van der Waals surface area (Å²) >= 11 is 8.83. The smallest absolute Gasteiger partial charge is 0.260 e. The number of fused-ring (bicyclic) bond motifs is 3. The number of aryl methyl sites for hydroxylation is 2. The Bertz CT molecular complexity index is 1370. The van der Waals surface area contributed by atoms with Crippen LogP contribution in [0.2, 0.25) is 5.02 Å². The van der Waals surface area contributed by atoms with E-state index in [1.807, 2.05) is 31.2 Å². The number of ether oxygens (including phenoxy) is 1. The Morgan fingerprint density at radius 2 is 1.85 bits per heavy atom. The van der Waals surface area contributed by atoms with Gasteiger partial charge in [-0.15, -0.1) is 0 Å². The van der Waals surface area contributed by atoms with Crippen LogP contribution in [-0.2, 0) is 7.05 Å². The monoisotopic (exact) mass is 545 g/mol. The molecule has 0 aliphatic rings. The standard InChI is InChI=1S/C20H25N3O2.C5H4BrClN2/c1-12(2)7-14(21)11-25-15-5-6-16-17-8-13(3)22-10-18(17)20(24)23(4)19(16)9-15;6-3-2-9-5(8)1-4(3)7/h5-6,8-10,12,14H,7,11,21H2,1-4H3;1-2H,(H2,8,9)/t14-;/m0./s1. The van der Waals surface area contributed by atoms with Crippen LogP contribution in [0.15, 0.2) is 52.0 Å². The summed E-state index contributed by atoms with van der Waals surface area (Å²) < 4.78 is 8.27. The van der Waals surface area contributed by atoms with E-state index in [4.69, 9.17) is 27.8 Å². The maximum absolute atomic E-state index is 12.6. The van der Waals surface area contributed by atoms with Gasteiger partial charge in [-0.1, -0.05) is 25.4 Å². The van der Waals surface area contributed by atoms with Crippen molar-refractivity contribution in [3.63, 3.8) is 0 Å². The van der Waals surface area contributed by atoms with Gasteiger partial charge in [-0.25, -0.2) is 4.98 Å². The fourth-order valence-corrected chi connectivity index (χ4v) is 4.03. The lowest BCUT2D eigenvalue weighted by atomic mass is 10.1. The molecular weight excluding hydrogens is 518 g/mol. The number of hydrogen-bond donors (Lipinski definition) is 2. The molecule has 1 atom stereocenters. The second-order valence-corrected chi connectivity index (χ2v) is 9.90. The van der Waals surface area contributed by atoms with Crippen molar-refractivity contribution in [3.8, 4) is 5.75 Å². The van der Waals surface area contributed by atoms with Crippen LogP contribution >= 0.6 is 27.5 Å². The van der Waals surface area contributed by atoms with Crippen LogP contribution in [0.5, 0.6) is 5.75 Å². The molecule has 0 fully saturated rings. The van der Waals surface area contributed by atoms with Gasteiger partial charge in [-0.05, 0) is 58.8 Å². The largest absolute Gasteiger partial charge is 0.492 e. The van der Waals surface area contributed by atoms with Gasteiger partial charge in [-0.3, -0.25) is 9.78 Å². The molecule has 4 N–H and O–H groups in total. The lowest BCUT2D eigenvalue weighted by molar-refractivity contribution is 0.271. The van der Waals surface area contributed by atoms with Gasteiger partial charge in [0.05, 0.1) is 20.4 Å². The van der Waals surface area contributed by atoms with E-state index in [1.165, 1.54) is 0 Å². The van der Waals surface area contributed by atoms with Crippen LogP contribution < -0.4 is 21.8 Å². The number of benzene rings is 1. The molecule has 3 heterocycles. The number of aromatic nitrogens is 3. The van der Waals surface area contributed by atoms with Gasteiger partial charge in [0.25, 0.3) is 5.56 Å². The Hall–Kier alpha value is -2.68. The summed E-state index contributed by atoms with van der Waals surface area (Å²) in [5, 5.41) is 3.16. The van der Waals surface area contributed by atoms with E-state index in [2.05, 4.69) is 39.7 Å². The number of pyridine rings is 3. The normalized spacial score (nSPS) is 12.0. The van der Waals surface area contributed by atoms with Crippen molar-refractivity contribution in [1.82, 2.24) is 14.5 Å². The SMILES string of the molecule is Cc1cc2c(cn1)c(=O)n(C)c1cc(OC[C@@H](N)CC(C)C)ccc21.Nc1cc(Cl)c(Br)cn1. The highest BCUT2D eigenvalue weighted by Gasteiger charge is 2.11. The molecule has 0 saturated carbocycles. The third kappa shape index (κ3) is 6.25. The molecular formula is C25H29BrClN5O2. The number of nitrogens with two attached hydrogens (primary N) is 2. The molecule has 4 aromatic rings. The topological polar surface area (TPSA) is 109 Å². The van der Waals surface area contributed by atoms with Crippen LogP contribution in [0, 0.1) is 12.8 Å². The van der Waals surface area contributed by atoms with Crippen LogP contribution in [0.1, 0.15) is 26.0 Å². The predicted octanol–water partition coefficient (Wildman–Crippen LogP) is 5.23. The van der Waals surface area contributed by atoms with Gasteiger partial charge in [0.1, 0.15) is 18.2 Å². The molecule has 0 radical (unpaired) electrons. The van der Waals surface area contributed by atoms with Crippen molar-refractivity contribution in [2.45, 2.75) is 33.2 Å². The average molecular weight is 547 g/mol. The number of anilines is 1. The molecule has 0 aliphatic carbocycles. The van der Waals surface area contributed by atoms with Crippen LogP contribution in [0.25, 0.3) is 21.7 Å². The highest BCUT2D eigenvalue weighted by atomic mass is 79.9. The predicted molar refractivity (Wildman–Crippen MR) is 144 cm³/mol. The molecule has 0 spiro atoms. The third-order valence-electron chi connectivity index (χ3n) is 5.26. The molecule has 0 aliphatic heterocycles. The zero-order chi connectivity index (χ0) is 25.0. The van der Waals surface area contributed by atoms with Crippen molar-refractivity contribution < 1.29 is 4.74 Å². The summed E-state index contributed by atoms with van der Waals surface area (Å²) in [5.74, 6) is 1.70. The summed E-state index contributed by atoms with van der Waals surface area (Å²) in [6.07, 6.45) is 4.14. The number of halogens is 2. The highest BCUT2D eigenvalue weighted by molar-refractivity contribution is 9.10. The van der Waals surface area contributed by atoms with Crippen molar-refractivity contribution >= 4 is 55.0 Å². The van der Waals surface area contributed by atoms with Gasteiger partial charge >= 0.3 is 0 Å². The summed E-state index contributed by atoms with van der Waals surface area (Å²) in [4.78, 5) is 20.7. The van der Waals surface area contributed by atoms with E-state index in [0.29, 0.717) is 28.8 Å². The minimum absolute atomic E-state index is 0.00449. The molecule has 0 unspecified atom stereocenters. The second-order valence-electron chi connectivity index (χ2n) is 8.64. The average Bonchev–Trinajstić information content (AvgIpc) is 2.78. The quantitative estimate of drug-likeness (QED) is 0.332. The molecule has 7 nitrogen and oxygen atoms in total. The first-order chi connectivity index (χ1) is 16.1. The minimum Gasteiger partial charge on any atom is -0.492 e. The van der Waals surface area contributed by atoms with E-state index in [0.717, 1.165) is 38.6 Å². The summed E-state index contributed by atoms with van der Waals surface area (Å²) in [5.41, 5.74) is 13.1. The van der Waals surface area contributed by atoms with Gasteiger partial charge in [0, 0.05) is 48.7 Å². The lowest BCUT2D eigenvalue weighted by Gasteiger charge is -2.16. The van der Waals surface area contributed by atoms with Gasteiger partial charge < -0.3 is 20.8 Å². The molecule has 9 heteroatoms. The first-order valence-electron chi connectivity index (χ1n) is 10.9. The van der Waals surface area contributed by atoms with E-state index >= 15 is 0 Å². The molecule has 3 aromatic heterocycles. The van der Waals surface area contributed by atoms with Crippen LogP contribution in [0.4, 0.5) is 5.82 Å². The van der Waals surface area contributed by atoms with Crippen LogP contribution in [-0.4, -0.2) is 27.2 Å². The third-order valence-corrected chi connectivity index (χ3v) is 6.44. The number of rotatable bonds is 5. The maximum Gasteiger partial charge on any atom is 0.260 e. The Balaban J connectivity index is 0.000000302. The maximum atomic E-state index is 12.6. The van der Waals surface area contributed by atoms with Gasteiger partial charge in [0.15, 0.2) is 0 Å². The fraction of sp³-hybridized carbons (Fsp3) is 0.320. The molecule has 180 valence electrons. The van der Waals surface area contributed by atoms with Gasteiger partial charge in [0.2, 0.25) is 0 Å². The Kier molecular flexibility index (Phi) is 8.52. The first kappa shape index (κ1) is 25.9. The zero-order valence-corrected chi connectivity index (χ0v) is 22.0. The first-order valence-corrected chi connectivity index (χ1v) is 12.1. The number of hydrogen-bond acceptors (Lipinski definition) is 6. The van der Waals surface area contributed by atoms with E-state index in [9.17, 15) is 4.79 Å². The Labute approximate surface area is 212 Å². The fourth-order valence-electron chi connectivity index (χ4n) is 3.66. The molecule has 0 bridgehead atoms.